The van der Waals surface area contributed by atoms with E-state index in [2.05, 4.69) is 22.9 Å². The summed E-state index contributed by atoms with van der Waals surface area (Å²) in [6.45, 7) is 2.87. The lowest BCUT2D eigenvalue weighted by atomic mass is 10.1. The standard InChI is InChI=1S/C20H21FN2O2/c1-2-23-12-15(17-5-3-4-6-19(17)23)10-20(25)22-11-14-7-8-18(21)16(9-14)13-24/h3-9,12,24H,2,10-11,13H2,1H3,(H,22,25). The van der Waals surface area contributed by atoms with Crippen molar-refractivity contribution >= 4 is 16.8 Å². The highest BCUT2D eigenvalue weighted by atomic mass is 19.1. The van der Waals surface area contributed by atoms with E-state index >= 15 is 0 Å². The van der Waals surface area contributed by atoms with Crippen LogP contribution in [0.2, 0.25) is 0 Å². The number of aliphatic hydroxyl groups is 1. The fourth-order valence-electron chi connectivity index (χ4n) is 3.02. The Morgan fingerprint density at radius 2 is 2.00 bits per heavy atom. The molecule has 25 heavy (non-hydrogen) atoms. The molecule has 1 aromatic heterocycles. The number of nitrogens with one attached hydrogen (secondary N) is 1. The summed E-state index contributed by atoms with van der Waals surface area (Å²) in [5, 5.41) is 13.1. The quantitative estimate of drug-likeness (QED) is 0.724. The van der Waals surface area contributed by atoms with Gasteiger partial charge in [0.05, 0.1) is 13.0 Å². The van der Waals surface area contributed by atoms with Gasteiger partial charge >= 0.3 is 0 Å². The number of hydrogen-bond donors (Lipinski definition) is 2. The molecule has 0 fully saturated rings. The lowest BCUT2D eigenvalue weighted by Crippen LogP contribution is -2.24. The van der Waals surface area contributed by atoms with Crippen molar-refractivity contribution in [1.29, 1.82) is 0 Å². The Morgan fingerprint density at radius 1 is 1.20 bits per heavy atom. The average Bonchev–Trinajstić information content (AvgIpc) is 2.99. The molecule has 0 aliphatic rings. The van der Waals surface area contributed by atoms with Crippen molar-refractivity contribution in [3.8, 4) is 0 Å². The summed E-state index contributed by atoms with van der Waals surface area (Å²) in [6, 6.07) is 12.5. The molecule has 0 spiro atoms. The van der Waals surface area contributed by atoms with Gasteiger partial charge in [-0.15, -0.1) is 0 Å². The van der Waals surface area contributed by atoms with Crippen LogP contribution in [0.5, 0.6) is 0 Å². The number of aromatic nitrogens is 1. The number of fused-ring (bicyclic) bond motifs is 1. The van der Waals surface area contributed by atoms with Crippen LogP contribution < -0.4 is 5.32 Å². The number of benzene rings is 2. The van der Waals surface area contributed by atoms with Crippen molar-refractivity contribution in [1.82, 2.24) is 9.88 Å². The summed E-state index contributed by atoms with van der Waals surface area (Å²) in [6.07, 6.45) is 2.31. The van der Waals surface area contributed by atoms with Crippen LogP contribution in [-0.2, 0) is 30.9 Å². The van der Waals surface area contributed by atoms with Crippen LogP contribution in [0.1, 0.15) is 23.6 Å². The highest BCUT2D eigenvalue weighted by Crippen LogP contribution is 2.21. The Hall–Kier alpha value is -2.66. The largest absolute Gasteiger partial charge is 0.392 e. The van der Waals surface area contributed by atoms with Crippen molar-refractivity contribution in [2.24, 2.45) is 0 Å². The number of aliphatic hydroxyl groups excluding tert-OH is 1. The number of hydrogen-bond acceptors (Lipinski definition) is 2. The van der Waals surface area contributed by atoms with E-state index in [-0.39, 0.29) is 18.1 Å². The highest BCUT2D eigenvalue weighted by Gasteiger charge is 2.11. The molecule has 0 atom stereocenters. The Morgan fingerprint density at radius 3 is 2.76 bits per heavy atom. The summed E-state index contributed by atoms with van der Waals surface area (Å²) in [4.78, 5) is 12.3. The molecule has 1 heterocycles. The van der Waals surface area contributed by atoms with Gasteiger partial charge in [0.2, 0.25) is 5.91 Å². The number of carbonyl (C=O) groups is 1. The fourth-order valence-corrected chi connectivity index (χ4v) is 3.02. The SMILES string of the molecule is CCn1cc(CC(=O)NCc2ccc(F)c(CO)c2)c2ccccc21. The summed E-state index contributed by atoms with van der Waals surface area (Å²) in [5.41, 5.74) is 3.11. The van der Waals surface area contributed by atoms with Crippen LogP contribution in [-0.4, -0.2) is 15.6 Å². The van der Waals surface area contributed by atoms with Crippen LogP contribution in [0.25, 0.3) is 10.9 Å². The van der Waals surface area contributed by atoms with Crippen molar-refractivity contribution in [2.45, 2.75) is 33.0 Å². The molecule has 0 unspecified atom stereocenters. The van der Waals surface area contributed by atoms with E-state index in [1.165, 1.54) is 6.07 Å². The van der Waals surface area contributed by atoms with Gasteiger partial charge in [-0.1, -0.05) is 24.3 Å². The number of amides is 1. The van der Waals surface area contributed by atoms with Gasteiger partial charge < -0.3 is 15.0 Å². The Labute approximate surface area is 145 Å². The molecule has 3 aromatic rings. The van der Waals surface area contributed by atoms with E-state index < -0.39 is 5.82 Å². The zero-order chi connectivity index (χ0) is 17.8. The van der Waals surface area contributed by atoms with Crippen molar-refractivity contribution < 1.29 is 14.3 Å². The van der Waals surface area contributed by atoms with Gasteiger partial charge in [0.15, 0.2) is 0 Å². The van der Waals surface area contributed by atoms with Gasteiger partial charge in [0, 0.05) is 35.8 Å². The third-order valence-corrected chi connectivity index (χ3v) is 4.33. The molecule has 1 amide bonds. The van der Waals surface area contributed by atoms with Gasteiger partial charge in [0.1, 0.15) is 5.82 Å². The number of rotatable bonds is 6. The molecule has 5 heteroatoms. The second kappa shape index (κ2) is 7.49. The van der Waals surface area contributed by atoms with Gasteiger partial charge in [-0.2, -0.15) is 0 Å². The molecule has 0 aliphatic carbocycles. The topological polar surface area (TPSA) is 54.3 Å². The maximum absolute atomic E-state index is 13.4. The molecule has 0 bridgehead atoms. The first-order chi connectivity index (χ1) is 12.1. The zero-order valence-corrected chi connectivity index (χ0v) is 14.1. The average molecular weight is 340 g/mol. The first-order valence-corrected chi connectivity index (χ1v) is 8.34. The van der Waals surface area contributed by atoms with Crippen LogP contribution in [0.4, 0.5) is 4.39 Å². The maximum atomic E-state index is 13.4. The molecule has 0 saturated heterocycles. The summed E-state index contributed by atoms with van der Waals surface area (Å²) < 4.78 is 15.5. The second-order valence-electron chi connectivity index (χ2n) is 5.99. The molecule has 0 aliphatic heterocycles. The summed E-state index contributed by atoms with van der Waals surface area (Å²) >= 11 is 0. The number of para-hydroxylation sites is 1. The maximum Gasteiger partial charge on any atom is 0.224 e. The first kappa shape index (κ1) is 17.2. The fraction of sp³-hybridized carbons (Fsp3) is 0.250. The summed E-state index contributed by atoms with van der Waals surface area (Å²) in [7, 11) is 0. The van der Waals surface area contributed by atoms with Crippen molar-refractivity contribution in [3.63, 3.8) is 0 Å². The van der Waals surface area contributed by atoms with Crippen LogP contribution >= 0.6 is 0 Å². The number of carbonyl (C=O) groups excluding carboxylic acids is 1. The number of nitrogens with zero attached hydrogens (tertiary/aromatic N) is 1. The van der Waals surface area contributed by atoms with Gasteiger partial charge in [-0.05, 0) is 36.2 Å². The molecular formula is C20H21FN2O2. The monoisotopic (exact) mass is 340 g/mol. The molecule has 2 N–H and O–H groups in total. The lowest BCUT2D eigenvalue weighted by molar-refractivity contribution is -0.120. The van der Waals surface area contributed by atoms with Gasteiger partial charge in [0.25, 0.3) is 0 Å². The van der Waals surface area contributed by atoms with E-state index in [1.807, 2.05) is 24.4 Å². The zero-order valence-electron chi connectivity index (χ0n) is 14.1. The normalized spacial score (nSPS) is 11.0. The predicted octanol–water partition coefficient (Wildman–Crippen LogP) is 3.15. The van der Waals surface area contributed by atoms with E-state index in [1.54, 1.807) is 12.1 Å². The van der Waals surface area contributed by atoms with Crippen LogP contribution in [0, 0.1) is 5.82 Å². The van der Waals surface area contributed by atoms with Crippen LogP contribution in [0.15, 0.2) is 48.7 Å². The minimum Gasteiger partial charge on any atom is -0.392 e. The lowest BCUT2D eigenvalue weighted by Gasteiger charge is -2.07. The van der Waals surface area contributed by atoms with Gasteiger partial charge in [-0.3, -0.25) is 4.79 Å². The Balaban J connectivity index is 1.69. The van der Waals surface area contributed by atoms with E-state index in [0.29, 0.717) is 13.0 Å². The van der Waals surface area contributed by atoms with Gasteiger partial charge in [-0.25, -0.2) is 4.39 Å². The minimum atomic E-state index is -0.440. The second-order valence-corrected chi connectivity index (χ2v) is 5.99. The Kier molecular flexibility index (Phi) is 5.14. The molecular weight excluding hydrogens is 319 g/mol. The van der Waals surface area contributed by atoms with Crippen LogP contribution in [0.3, 0.4) is 0 Å². The first-order valence-electron chi connectivity index (χ1n) is 8.34. The highest BCUT2D eigenvalue weighted by molar-refractivity contribution is 5.89. The Bertz CT molecular complexity index is 902. The molecule has 0 radical (unpaired) electrons. The van der Waals surface area contributed by atoms with Crippen molar-refractivity contribution in [3.05, 3.63) is 71.2 Å². The summed E-state index contributed by atoms with van der Waals surface area (Å²) in [5.74, 6) is -0.529. The predicted molar refractivity (Wildman–Crippen MR) is 95.5 cm³/mol. The molecule has 4 nitrogen and oxygen atoms in total. The molecule has 2 aromatic carbocycles. The molecule has 130 valence electrons. The third-order valence-electron chi connectivity index (χ3n) is 4.33. The third kappa shape index (κ3) is 3.72. The van der Waals surface area contributed by atoms with E-state index in [4.69, 9.17) is 5.11 Å². The van der Waals surface area contributed by atoms with E-state index in [9.17, 15) is 9.18 Å². The molecule has 3 rings (SSSR count). The minimum absolute atomic E-state index is 0.0890. The van der Waals surface area contributed by atoms with Crippen molar-refractivity contribution in [2.75, 3.05) is 0 Å². The van der Waals surface area contributed by atoms with E-state index in [0.717, 1.165) is 28.6 Å². The molecule has 0 saturated carbocycles. The smallest absolute Gasteiger partial charge is 0.224 e. The number of halogens is 1. The number of aryl methyl sites for hydroxylation is 1.